The monoisotopic (exact) mass is 318 g/mol. The largest absolute Gasteiger partial charge is 0.497 e. The van der Waals surface area contributed by atoms with Crippen LogP contribution in [0.3, 0.4) is 0 Å². The lowest BCUT2D eigenvalue weighted by atomic mass is 10.0. The number of nitrogens with one attached hydrogen (secondary N) is 2. The maximum atomic E-state index is 11.8. The third-order valence-corrected chi connectivity index (χ3v) is 3.50. The molecular weight excluding hydrogens is 296 g/mol. The summed E-state index contributed by atoms with van der Waals surface area (Å²) in [6.45, 7) is 2.15. The molecule has 0 bridgehead atoms. The minimum atomic E-state index is -1.24. The third kappa shape index (κ3) is 5.03. The number of rotatable bonds is 7. The number of ether oxygens (including phenoxy) is 1. The van der Waals surface area contributed by atoms with Crippen molar-refractivity contribution in [3.63, 3.8) is 0 Å². The van der Waals surface area contributed by atoms with E-state index in [1.165, 1.54) is 6.26 Å². The van der Waals surface area contributed by atoms with Gasteiger partial charge in [-0.3, -0.25) is 0 Å². The molecule has 1 atom stereocenters. The number of carbonyl (C=O) groups excluding carboxylic acids is 1. The lowest BCUT2D eigenvalue weighted by Gasteiger charge is -2.21. The predicted molar refractivity (Wildman–Crippen MR) is 86.4 cm³/mol. The van der Waals surface area contributed by atoms with Crippen molar-refractivity contribution in [2.75, 3.05) is 20.2 Å². The molecule has 1 aromatic carbocycles. The number of aliphatic hydroxyl groups is 1. The average Bonchev–Trinajstić information content (AvgIpc) is 3.09. The predicted octanol–water partition coefficient (Wildman–Crippen LogP) is 2.04. The standard InChI is InChI=1S/C17H22N2O4/c1-17(21,15-4-3-11-23-15)12-19-16(20)18-10-9-13-5-7-14(22-2)8-6-13/h3-8,11,21H,9-10,12H2,1-2H3,(H2,18,19,20)/t17-/m0/s1. The quantitative estimate of drug-likeness (QED) is 0.729. The molecule has 0 fully saturated rings. The van der Waals surface area contributed by atoms with Gasteiger partial charge in [0.05, 0.1) is 19.9 Å². The van der Waals surface area contributed by atoms with E-state index >= 15 is 0 Å². The van der Waals surface area contributed by atoms with Crippen LogP contribution in [-0.4, -0.2) is 31.3 Å². The smallest absolute Gasteiger partial charge is 0.314 e. The highest BCUT2D eigenvalue weighted by Crippen LogP contribution is 2.19. The van der Waals surface area contributed by atoms with Gasteiger partial charge in [0, 0.05) is 6.54 Å². The first kappa shape index (κ1) is 16.9. The summed E-state index contributed by atoms with van der Waals surface area (Å²) >= 11 is 0. The molecule has 0 saturated heterocycles. The molecule has 2 aromatic rings. The Labute approximate surface area is 135 Å². The summed E-state index contributed by atoms with van der Waals surface area (Å²) in [7, 11) is 1.62. The van der Waals surface area contributed by atoms with Gasteiger partial charge in [0.25, 0.3) is 0 Å². The van der Waals surface area contributed by atoms with Crippen LogP contribution in [0, 0.1) is 0 Å². The fourth-order valence-electron chi connectivity index (χ4n) is 2.10. The zero-order valence-electron chi connectivity index (χ0n) is 13.3. The molecule has 0 saturated carbocycles. The Morgan fingerprint density at radius 3 is 2.61 bits per heavy atom. The summed E-state index contributed by atoms with van der Waals surface area (Å²) in [5.74, 6) is 1.22. The van der Waals surface area contributed by atoms with Gasteiger partial charge in [-0.15, -0.1) is 0 Å². The van der Waals surface area contributed by atoms with Crippen LogP contribution in [0.1, 0.15) is 18.2 Å². The minimum absolute atomic E-state index is 0.0644. The molecule has 1 heterocycles. The number of carbonyl (C=O) groups is 1. The molecule has 0 radical (unpaired) electrons. The van der Waals surface area contributed by atoms with Gasteiger partial charge in [0.1, 0.15) is 17.1 Å². The highest BCUT2D eigenvalue weighted by Gasteiger charge is 2.26. The first-order valence-electron chi connectivity index (χ1n) is 7.42. The van der Waals surface area contributed by atoms with Gasteiger partial charge >= 0.3 is 6.03 Å². The first-order chi connectivity index (χ1) is 11.0. The second-order valence-corrected chi connectivity index (χ2v) is 5.46. The van der Waals surface area contributed by atoms with E-state index in [1.807, 2.05) is 24.3 Å². The highest BCUT2D eigenvalue weighted by atomic mass is 16.5. The van der Waals surface area contributed by atoms with Gasteiger partial charge in [0.2, 0.25) is 0 Å². The van der Waals surface area contributed by atoms with Crippen molar-refractivity contribution in [2.45, 2.75) is 18.9 Å². The molecule has 1 aromatic heterocycles. The van der Waals surface area contributed by atoms with Crippen LogP contribution in [0.2, 0.25) is 0 Å². The van der Waals surface area contributed by atoms with E-state index in [4.69, 9.17) is 9.15 Å². The molecule has 0 unspecified atom stereocenters. The maximum absolute atomic E-state index is 11.8. The van der Waals surface area contributed by atoms with E-state index in [0.29, 0.717) is 18.7 Å². The van der Waals surface area contributed by atoms with Gasteiger partial charge in [0.15, 0.2) is 0 Å². The second-order valence-electron chi connectivity index (χ2n) is 5.46. The van der Waals surface area contributed by atoms with Crippen molar-refractivity contribution in [2.24, 2.45) is 0 Å². The zero-order chi connectivity index (χ0) is 16.7. The Morgan fingerprint density at radius 2 is 2.00 bits per heavy atom. The fourth-order valence-corrected chi connectivity index (χ4v) is 2.10. The Bertz CT molecular complexity index is 606. The Morgan fingerprint density at radius 1 is 1.26 bits per heavy atom. The topological polar surface area (TPSA) is 83.7 Å². The SMILES string of the molecule is COc1ccc(CCNC(=O)NC[C@](C)(O)c2ccco2)cc1. The number of furan rings is 1. The summed E-state index contributed by atoms with van der Waals surface area (Å²) in [5, 5.41) is 15.6. The zero-order valence-corrected chi connectivity index (χ0v) is 13.3. The van der Waals surface area contributed by atoms with Crippen LogP contribution in [0.15, 0.2) is 47.1 Å². The summed E-state index contributed by atoms with van der Waals surface area (Å²) < 4.78 is 10.3. The third-order valence-electron chi connectivity index (χ3n) is 3.50. The number of urea groups is 1. The molecule has 2 amide bonds. The van der Waals surface area contributed by atoms with Crippen LogP contribution in [0.4, 0.5) is 4.79 Å². The summed E-state index contributed by atoms with van der Waals surface area (Å²) in [4.78, 5) is 11.8. The number of benzene rings is 1. The van der Waals surface area contributed by atoms with Crippen LogP contribution in [0.25, 0.3) is 0 Å². The summed E-state index contributed by atoms with van der Waals surface area (Å²) in [6.07, 6.45) is 2.20. The molecular formula is C17H22N2O4. The summed E-state index contributed by atoms with van der Waals surface area (Å²) in [6, 6.07) is 10.7. The molecule has 6 nitrogen and oxygen atoms in total. The lowest BCUT2D eigenvalue weighted by molar-refractivity contribution is 0.0367. The average molecular weight is 318 g/mol. The van der Waals surface area contributed by atoms with Crippen molar-refractivity contribution < 1.29 is 19.1 Å². The molecule has 0 aliphatic carbocycles. The number of amides is 2. The Balaban J connectivity index is 1.70. The molecule has 23 heavy (non-hydrogen) atoms. The Kier molecular flexibility index (Phi) is 5.65. The van der Waals surface area contributed by atoms with E-state index in [9.17, 15) is 9.90 Å². The first-order valence-corrected chi connectivity index (χ1v) is 7.42. The maximum Gasteiger partial charge on any atom is 0.314 e. The van der Waals surface area contributed by atoms with Crippen LogP contribution >= 0.6 is 0 Å². The van der Waals surface area contributed by atoms with E-state index in [2.05, 4.69) is 10.6 Å². The van der Waals surface area contributed by atoms with E-state index in [-0.39, 0.29) is 12.6 Å². The second kappa shape index (κ2) is 7.69. The normalized spacial score (nSPS) is 13.2. The molecule has 0 aliphatic rings. The molecule has 2 rings (SSSR count). The Hall–Kier alpha value is -2.47. The lowest BCUT2D eigenvalue weighted by Crippen LogP contribution is -2.43. The van der Waals surface area contributed by atoms with Crippen molar-refractivity contribution in [1.82, 2.24) is 10.6 Å². The van der Waals surface area contributed by atoms with Crippen molar-refractivity contribution in [1.29, 1.82) is 0 Å². The van der Waals surface area contributed by atoms with Gasteiger partial charge in [-0.2, -0.15) is 0 Å². The number of methoxy groups -OCH3 is 1. The fraction of sp³-hybridized carbons (Fsp3) is 0.353. The van der Waals surface area contributed by atoms with Crippen molar-refractivity contribution >= 4 is 6.03 Å². The number of hydrogen-bond donors (Lipinski definition) is 3. The van der Waals surface area contributed by atoms with Crippen molar-refractivity contribution in [3.05, 3.63) is 54.0 Å². The summed E-state index contributed by atoms with van der Waals surface area (Å²) in [5.41, 5.74) is -0.134. The molecule has 3 N–H and O–H groups in total. The van der Waals surface area contributed by atoms with Gasteiger partial charge < -0.3 is 24.9 Å². The minimum Gasteiger partial charge on any atom is -0.497 e. The molecule has 124 valence electrons. The van der Waals surface area contributed by atoms with E-state index < -0.39 is 5.60 Å². The molecule has 6 heteroatoms. The van der Waals surface area contributed by atoms with E-state index in [0.717, 1.165) is 11.3 Å². The molecule has 0 spiro atoms. The van der Waals surface area contributed by atoms with Crippen LogP contribution in [0.5, 0.6) is 5.75 Å². The van der Waals surface area contributed by atoms with Crippen LogP contribution < -0.4 is 15.4 Å². The van der Waals surface area contributed by atoms with Crippen LogP contribution in [-0.2, 0) is 12.0 Å². The van der Waals surface area contributed by atoms with Crippen molar-refractivity contribution in [3.8, 4) is 5.75 Å². The number of hydrogen-bond acceptors (Lipinski definition) is 4. The van der Waals surface area contributed by atoms with E-state index in [1.54, 1.807) is 26.2 Å². The van der Waals surface area contributed by atoms with Gasteiger partial charge in [-0.1, -0.05) is 12.1 Å². The van der Waals surface area contributed by atoms with Gasteiger partial charge in [-0.05, 0) is 43.2 Å². The molecule has 0 aliphatic heterocycles. The van der Waals surface area contributed by atoms with Gasteiger partial charge in [-0.25, -0.2) is 4.79 Å². The highest BCUT2D eigenvalue weighted by molar-refractivity contribution is 5.73.